The molecule has 1 aromatic heterocycles. The highest BCUT2D eigenvalue weighted by atomic mass is 79.9. The second-order valence-corrected chi connectivity index (χ2v) is 5.54. The van der Waals surface area contributed by atoms with Gasteiger partial charge in [-0.15, -0.1) is 11.3 Å². The SMILES string of the molecule is CCCCCCCC(=O)c1cc(Br)cs1. The van der Waals surface area contributed by atoms with Crippen LogP contribution in [0.15, 0.2) is 15.9 Å². The van der Waals surface area contributed by atoms with E-state index >= 15 is 0 Å². The van der Waals surface area contributed by atoms with Crippen LogP contribution >= 0.6 is 27.3 Å². The van der Waals surface area contributed by atoms with Crippen LogP contribution < -0.4 is 0 Å². The maximum absolute atomic E-state index is 11.7. The van der Waals surface area contributed by atoms with Crippen LogP contribution in [0.1, 0.15) is 55.1 Å². The number of hydrogen-bond acceptors (Lipinski definition) is 2. The van der Waals surface area contributed by atoms with Crippen molar-refractivity contribution in [3.05, 3.63) is 20.8 Å². The third-order valence-corrected chi connectivity index (χ3v) is 4.08. The molecule has 0 radical (unpaired) electrons. The molecule has 0 bridgehead atoms. The molecule has 1 rings (SSSR count). The summed E-state index contributed by atoms with van der Waals surface area (Å²) in [5, 5.41) is 1.96. The fourth-order valence-electron chi connectivity index (χ4n) is 1.47. The predicted octanol–water partition coefficient (Wildman–Crippen LogP) is 5.05. The van der Waals surface area contributed by atoms with Gasteiger partial charge in [-0.3, -0.25) is 4.79 Å². The van der Waals surface area contributed by atoms with E-state index in [1.54, 1.807) is 0 Å². The largest absolute Gasteiger partial charge is 0.293 e. The van der Waals surface area contributed by atoms with Gasteiger partial charge in [0, 0.05) is 16.3 Å². The summed E-state index contributed by atoms with van der Waals surface area (Å²) < 4.78 is 1.02. The van der Waals surface area contributed by atoms with Crippen molar-refractivity contribution in [2.24, 2.45) is 0 Å². The summed E-state index contributed by atoms with van der Waals surface area (Å²) in [4.78, 5) is 12.6. The van der Waals surface area contributed by atoms with E-state index in [1.807, 2.05) is 11.4 Å². The lowest BCUT2D eigenvalue weighted by Gasteiger charge is -1.98. The quantitative estimate of drug-likeness (QED) is 0.507. The van der Waals surface area contributed by atoms with Gasteiger partial charge < -0.3 is 0 Å². The zero-order chi connectivity index (χ0) is 11.1. The lowest BCUT2D eigenvalue weighted by molar-refractivity contribution is 0.0983. The Morgan fingerprint density at radius 3 is 2.67 bits per heavy atom. The molecule has 1 aromatic rings. The summed E-state index contributed by atoms with van der Waals surface area (Å²) in [7, 11) is 0. The summed E-state index contributed by atoms with van der Waals surface area (Å²) >= 11 is 4.89. The number of rotatable bonds is 7. The zero-order valence-electron chi connectivity index (χ0n) is 9.09. The van der Waals surface area contributed by atoms with E-state index in [4.69, 9.17) is 0 Å². The third-order valence-electron chi connectivity index (χ3n) is 2.35. The summed E-state index contributed by atoms with van der Waals surface area (Å²) in [6.45, 7) is 2.20. The van der Waals surface area contributed by atoms with Crippen LogP contribution in [-0.2, 0) is 0 Å². The van der Waals surface area contributed by atoms with Gasteiger partial charge in [0.2, 0.25) is 0 Å². The first kappa shape index (κ1) is 12.9. The molecular weight excluding hydrogens is 272 g/mol. The Bertz CT molecular complexity index is 306. The fraction of sp³-hybridized carbons (Fsp3) is 0.583. The second kappa shape index (κ2) is 7.18. The first-order valence-corrected chi connectivity index (χ1v) is 7.18. The van der Waals surface area contributed by atoms with Gasteiger partial charge in [-0.1, -0.05) is 32.6 Å². The van der Waals surface area contributed by atoms with Crippen molar-refractivity contribution in [3.8, 4) is 0 Å². The van der Waals surface area contributed by atoms with Gasteiger partial charge in [-0.2, -0.15) is 0 Å². The standard InChI is InChI=1S/C12H17BrOS/c1-2-3-4-5-6-7-11(14)12-8-10(13)9-15-12/h8-9H,2-7H2,1H3. The van der Waals surface area contributed by atoms with Crippen molar-refractivity contribution < 1.29 is 4.79 Å². The minimum Gasteiger partial charge on any atom is -0.293 e. The van der Waals surface area contributed by atoms with Crippen molar-refractivity contribution in [2.75, 3.05) is 0 Å². The number of unbranched alkanes of at least 4 members (excludes halogenated alkanes) is 4. The molecule has 84 valence electrons. The Balaban J connectivity index is 2.19. The predicted molar refractivity (Wildman–Crippen MR) is 69.7 cm³/mol. The fourth-order valence-corrected chi connectivity index (χ4v) is 2.87. The Labute approximate surface area is 104 Å². The molecule has 0 atom stereocenters. The van der Waals surface area contributed by atoms with Gasteiger partial charge in [0.25, 0.3) is 0 Å². The first-order chi connectivity index (χ1) is 7.24. The number of carbonyl (C=O) groups excluding carboxylic acids is 1. The minimum atomic E-state index is 0.294. The number of halogens is 1. The normalized spacial score (nSPS) is 10.5. The maximum atomic E-state index is 11.7. The van der Waals surface area contributed by atoms with E-state index in [2.05, 4.69) is 22.9 Å². The van der Waals surface area contributed by atoms with E-state index in [-0.39, 0.29) is 0 Å². The van der Waals surface area contributed by atoms with Crippen molar-refractivity contribution in [3.63, 3.8) is 0 Å². The third kappa shape index (κ3) is 4.94. The molecule has 0 saturated carbocycles. The molecule has 0 aliphatic heterocycles. The molecule has 0 amide bonds. The molecule has 0 N–H and O–H groups in total. The molecule has 0 fully saturated rings. The Kier molecular flexibility index (Phi) is 6.18. The molecule has 0 aliphatic rings. The molecule has 0 spiro atoms. The molecule has 15 heavy (non-hydrogen) atoms. The average molecular weight is 289 g/mol. The van der Waals surface area contributed by atoms with Gasteiger partial charge in [0.1, 0.15) is 0 Å². The van der Waals surface area contributed by atoms with Crippen LogP contribution in [0.25, 0.3) is 0 Å². The number of carbonyl (C=O) groups is 1. The van der Waals surface area contributed by atoms with Crippen LogP contribution in [-0.4, -0.2) is 5.78 Å². The molecule has 0 aliphatic carbocycles. The highest BCUT2D eigenvalue weighted by Crippen LogP contribution is 2.21. The Morgan fingerprint density at radius 2 is 2.07 bits per heavy atom. The zero-order valence-corrected chi connectivity index (χ0v) is 11.5. The molecular formula is C12H17BrOS. The number of hydrogen-bond donors (Lipinski definition) is 0. The lowest BCUT2D eigenvalue weighted by atomic mass is 10.1. The second-order valence-electron chi connectivity index (χ2n) is 3.72. The number of Topliss-reactive ketones (excluding diaryl/α,β-unsaturated/α-hetero) is 1. The summed E-state index contributed by atoms with van der Waals surface area (Å²) in [6, 6.07) is 1.92. The molecule has 0 saturated heterocycles. The van der Waals surface area contributed by atoms with Crippen LogP contribution in [0, 0.1) is 0 Å². The van der Waals surface area contributed by atoms with Gasteiger partial charge >= 0.3 is 0 Å². The highest BCUT2D eigenvalue weighted by molar-refractivity contribution is 9.10. The van der Waals surface area contributed by atoms with Gasteiger partial charge in [-0.05, 0) is 28.4 Å². The first-order valence-electron chi connectivity index (χ1n) is 5.51. The minimum absolute atomic E-state index is 0.294. The number of thiophene rings is 1. The van der Waals surface area contributed by atoms with Gasteiger partial charge in [-0.25, -0.2) is 0 Å². The van der Waals surface area contributed by atoms with Crippen molar-refractivity contribution in [2.45, 2.75) is 45.4 Å². The molecule has 3 heteroatoms. The average Bonchev–Trinajstić information content (AvgIpc) is 2.64. The van der Waals surface area contributed by atoms with E-state index in [9.17, 15) is 4.79 Å². The van der Waals surface area contributed by atoms with Crippen LogP contribution in [0.3, 0.4) is 0 Å². The van der Waals surface area contributed by atoms with Gasteiger partial charge in [0.05, 0.1) is 4.88 Å². The van der Waals surface area contributed by atoms with Gasteiger partial charge in [0.15, 0.2) is 5.78 Å². The van der Waals surface area contributed by atoms with E-state index in [1.165, 1.54) is 37.0 Å². The smallest absolute Gasteiger partial charge is 0.172 e. The highest BCUT2D eigenvalue weighted by Gasteiger charge is 2.07. The van der Waals surface area contributed by atoms with E-state index < -0.39 is 0 Å². The summed E-state index contributed by atoms with van der Waals surface area (Å²) in [5.41, 5.74) is 0. The summed E-state index contributed by atoms with van der Waals surface area (Å²) in [5.74, 6) is 0.294. The summed E-state index contributed by atoms with van der Waals surface area (Å²) in [6.07, 6.45) is 6.74. The topological polar surface area (TPSA) is 17.1 Å². The monoisotopic (exact) mass is 288 g/mol. The molecule has 0 unspecified atom stereocenters. The van der Waals surface area contributed by atoms with Crippen molar-refractivity contribution in [1.82, 2.24) is 0 Å². The molecule has 1 nitrogen and oxygen atoms in total. The van der Waals surface area contributed by atoms with Crippen LogP contribution in [0.2, 0.25) is 0 Å². The number of ketones is 1. The molecule has 0 aromatic carbocycles. The Morgan fingerprint density at radius 1 is 1.33 bits per heavy atom. The van der Waals surface area contributed by atoms with E-state index in [0.717, 1.165) is 15.8 Å². The molecule has 1 heterocycles. The van der Waals surface area contributed by atoms with Crippen molar-refractivity contribution >= 4 is 33.0 Å². The van der Waals surface area contributed by atoms with Crippen molar-refractivity contribution in [1.29, 1.82) is 0 Å². The lowest BCUT2D eigenvalue weighted by Crippen LogP contribution is -1.95. The Hall–Kier alpha value is -0.150. The van der Waals surface area contributed by atoms with Crippen LogP contribution in [0.5, 0.6) is 0 Å². The maximum Gasteiger partial charge on any atom is 0.172 e. The van der Waals surface area contributed by atoms with Crippen LogP contribution in [0.4, 0.5) is 0 Å². The van der Waals surface area contributed by atoms with E-state index in [0.29, 0.717) is 12.2 Å².